The second-order valence-corrected chi connectivity index (χ2v) is 5.41. The maximum atomic E-state index is 9.31. The summed E-state index contributed by atoms with van der Waals surface area (Å²) in [6.07, 6.45) is 7.40. The van der Waals surface area contributed by atoms with Crippen molar-refractivity contribution < 1.29 is 5.11 Å². The van der Waals surface area contributed by atoms with Crippen molar-refractivity contribution >= 4 is 5.65 Å². The molecule has 1 saturated carbocycles. The van der Waals surface area contributed by atoms with Crippen LogP contribution in [-0.2, 0) is 6.54 Å². The van der Waals surface area contributed by atoms with Crippen molar-refractivity contribution in [2.45, 2.75) is 38.8 Å². The van der Waals surface area contributed by atoms with E-state index >= 15 is 0 Å². The standard InChI is InChI=1S/C14H20N4O/c1-10-5-14-16-7-11(8-18(14)17-10)6-15-13-4-2-3-12(13)9-19/h5,7-8,12-13,15,19H,2-4,6,9H2,1H3. The molecule has 2 unspecified atom stereocenters. The van der Waals surface area contributed by atoms with Gasteiger partial charge in [-0.2, -0.15) is 5.10 Å². The summed E-state index contributed by atoms with van der Waals surface area (Å²) in [4.78, 5) is 4.40. The summed E-state index contributed by atoms with van der Waals surface area (Å²) >= 11 is 0. The molecule has 0 amide bonds. The summed E-state index contributed by atoms with van der Waals surface area (Å²) in [7, 11) is 0. The number of rotatable bonds is 4. The molecule has 5 heteroatoms. The van der Waals surface area contributed by atoms with Crippen molar-refractivity contribution in [2.75, 3.05) is 6.61 Å². The number of aryl methyl sites for hydroxylation is 1. The average Bonchev–Trinajstić information content (AvgIpc) is 3.00. The molecule has 0 aliphatic heterocycles. The summed E-state index contributed by atoms with van der Waals surface area (Å²) in [5.41, 5.74) is 2.99. The fourth-order valence-corrected chi connectivity index (χ4v) is 2.90. The van der Waals surface area contributed by atoms with E-state index in [4.69, 9.17) is 0 Å². The van der Waals surface area contributed by atoms with E-state index in [2.05, 4.69) is 15.4 Å². The van der Waals surface area contributed by atoms with Crippen LogP contribution >= 0.6 is 0 Å². The van der Waals surface area contributed by atoms with E-state index in [0.29, 0.717) is 12.0 Å². The van der Waals surface area contributed by atoms with Crippen LogP contribution in [0.2, 0.25) is 0 Å². The lowest BCUT2D eigenvalue weighted by Crippen LogP contribution is -2.33. The first-order valence-electron chi connectivity index (χ1n) is 6.91. The van der Waals surface area contributed by atoms with E-state index in [-0.39, 0.29) is 6.61 Å². The Morgan fingerprint density at radius 1 is 1.47 bits per heavy atom. The van der Waals surface area contributed by atoms with Gasteiger partial charge in [0.05, 0.1) is 5.69 Å². The number of aliphatic hydroxyl groups excluding tert-OH is 1. The highest BCUT2D eigenvalue weighted by molar-refractivity contribution is 5.38. The van der Waals surface area contributed by atoms with E-state index in [1.165, 1.54) is 6.42 Å². The second kappa shape index (κ2) is 5.27. The van der Waals surface area contributed by atoms with Crippen LogP contribution in [0.5, 0.6) is 0 Å². The maximum absolute atomic E-state index is 9.31. The minimum absolute atomic E-state index is 0.285. The normalized spacial score (nSPS) is 23.3. The molecule has 0 aromatic carbocycles. The zero-order valence-electron chi connectivity index (χ0n) is 11.2. The molecule has 1 fully saturated rings. The molecular formula is C14H20N4O. The molecule has 1 aliphatic carbocycles. The van der Waals surface area contributed by atoms with Crippen LogP contribution in [0.4, 0.5) is 0 Å². The lowest BCUT2D eigenvalue weighted by Gasteiger charge is -2.18. The lowest BCUT2D eigenvalue weighted by molar-refractivity contribution is 0.205. The van der Waals surface area contributed by atoms with E-state index in [0.717, 1.165) is 36.3 Å². The number of hydrogen-bond acceptors (Lipinski definition) is 4. The summed E-state index contributed by atoms with van der Waals surface area (Å²) in [6, 6.07) is 2.40. The van der Waals surface area contributed by atoms with Gasteiger partial charge in [-0.25, -0.2) is 9.50 Å². The SMILES string of the molecule is Cc1cc2ncc(CNC3CCCC3CO)cn2n1. The number of aliphatic hydroxyl groups is 1. The fraction of sp³-hybridized carbons (Fsp3) is 0.571. The highest BCUT2D eigenvalue weighted by Crippen LogP contribution is 2.25. The summed E-state index contributed by atoms with van der Waals surface area (Å²) in [6.45, 7) is 3.04. The molecule has 2 N–H and O–H groups in total. The van der Waals surface area contributed by atoms with Gasteiger partial charge in [0.25, 0.3) is 0 Å². The zero-order chi connectivity index (χ0) is 13.2. The Morgan fingerprint density at radius 2 is 2.37 bits per heavy atom. The Morgan fingerprint density at radius 3 is 3.21 bits per heavy atom. The number of hydrogen-bond donors (Lipinski definition) is 2. The van der Waals surface area contributed by atoms with Crippen molar-refractivity contribution in [1.29, 1.82) is 0 Å². The third-order valence-electron chi connectivity index (χ3n) is 3.95. The number of nitrogens with one attached hydrogen (secondary N) is 1. The van der Waals surface area contributed by atoms with Crippen molar-refractivity contribution in [1.82, 2.24) is 19.9 Å². The van der Waals surface area contributed by atoms with Gasteiger partial charge in [-0.15, -0.1) is 0 Å². The van der Waals surface area contributed by atoms with E-state index in [1.807, 2.05) is 29.9 Å². The number of nitrogens with zero attached hydrogens (tertiary/aromatic N) is 3. The number of fused-ring (bicyclic) bond motifs is 1. The largest absolute Gasteiger partial charge is 0.396 e. The molecule has 1 aliphatic rings. The first kappa shape index (κ1) is 12.6. The van der Waals surface area contributed by atoms with Gasteiger partial charge in [0.15, 0.2) is 5.65 Å². The minimum atomic E-state index is 0.285. The Labute approximate surface area is 112 Å². The van der Waals surface area contributed by atoms with Crippen LogP contribution in [0.1, 0.15) is 30.5 Å². The van der Waals surface area contributed by atoms with Gasteiger partial charge in [0, 0.05) is 43.2 Å². The molecule has 0 bridgehead atoms. The van der Waals surface area contributed by atoms with Gasteiger partial charge in [0.1, 0.15) is 0 Å². The molecule has 0 saturated heterocycles. The molecule has 102 valence electrons. The lowest BCUT2D eigenvalue weighted by atomic mass is 10.1. The first-order chi connectivity index (χ1) is 9.26. The van der Waals surface area contributed by atoms with Crippen LogP contribution in [0, 0.1) is 12.8 Å². The van der Waals surface area contributed by atoms with Gasteiger partial charge in [-0.3, -0.25) is 0 Å². The van der Waals surface area contributed by atoms with E-state index < -0.39 is 0 Å². The van der Waals surface area contributed by atoms with Crippen LogP contribution in [0.25, 0.3) is 5.65 Å². The van der Waals surface area contributed by atoms with Gasteiger partial charge >= 0.3 is 0 Å². The van der Waals surface area contributed by atoms with E-state index in [1.54, 1.807) is 0 Å². The zero-order valence-corrected chi connectivity index (χ0v) is 11.2. The third-order valence-corrected chi connectivity index (χ3v) is 3.95. The third kappa shape index (κ3) is 2.62. The van der Waals surface area contributed by atoms with Gasteiger partial charge < -0.3 is 10.4 Å². The summed E-state index contributed by atoms with van der Waals surface area (Å²) < 4.78 is 1.82. The average molecular weight is 260 g/mol. The molecule has 3 rings (SSSR count). The highest BCUT2D eigenvalue weighted by atomic mass is 16.3. The van der Waals surface area contributed by atoms with E-state index in [9.17, 15) is 5.11 Å². The first-order valence-corrected chi connectivity index (χ1v) is 6.91. The Balaban J connectivity index is 1.67. The fourth-order valence-electron chi connectivity index (χ4n) is 2.90. The number of aromatic nitrogens is 3. The van der Waals surface area contributed by atoms with Crippen LogP contribution < -0.4 is 5.32 Å². The molecule has 2 aromatic heterocycles. The second-order valence-electron chi connectivity index (χ2n) is 5.41. The predicted octanol–water partition coefficient (Wildman–Crippen LogP) is 1.29. The maximum Gasteiger partial charge on any atom is 0.155 e. The molecule has 2 heterocycles. The summed E-state index contributed by atoms with van der Waals surface area (Å²) in [5.74, 6) is 0.406. The van der Waals surface area contributed by atoms with Crippen LogP contribution in [0.3, 0.4) is 0 Å². The predicted molar refractivity (Wildman–Crippen MR) is 72.8 cm³/mol. The molecule has 2 atom stereocenters. The molecule has 0 radical (unpaired) electrons. The van der Waals surface area contributed by atoms with Gasteiger partial charge in [-0.1, -0.05) is 6.42 Å². The molecule has 2 aromatic rings. The van der Waals surface area contributed by atoms with Crippen molar-refractivity contribution in [2.24, 2.45) is 5.92 Å². The Bertz CT molecular complexity index is 566. The van der Waals surface area contributed by atoms with Crippen LogP contribution in [-0.4, -0.2) is 32.4 Å². The molecular weight excluding hydrogens is 240 g/mol. The smallest absolute Gasteiger partial charge is 0.155 e. The highest BCUT2D eigenvalue weighted by Gasteiger charge is 2.25. The summed E-state index contributed by atoms with van der Waals surface area (Å²) in [5, 5.41) is 17.2. The van der Waals surface area contributed by atoms with Crippen LogP contribution in [0.15, 0.2) is 18.5 Å². The topological polar surface area (TPSA) is 62.5 Å². The Kier molecular flexibility index (Phi) is 3.48. The van der Waals surface area contributed by atoms with Gasteiger partial charge in [-0.05, 0) is 25.7 Å². The van der Waals surface area contributed by atoms with Crippen molar-refractivity contribution in [3.8, 4) is 0 Å². The van der Waals surface area contributed by atoms with Gasteiger partial charge in [0.2, 0.25) is 0 Å². The minimum Gasteiger partial charge on any atom is -0.396 e. The quantitative estimate of drug-likeness (QED) is 0.869. The molecule has 5 nitrogen and oxygen atoms in total. The molecule has 19 heavy (non-hydrogen) atoms. The van der Waals surface area contributed by atoms with Crippen molar-refractivity contribution in [3.63, 3.8) is 0 Å². The Hall–Kier alpha value is -1.46. The monoisotopic (exact) mass is 260 g/mol. The van der Waals surface area contributed by atoms with Crippen molar-refractivity contribution in [3.05, 3.63) is 29.7 Å². The molecule has 0 spiro atoms.